The van der Waals surface area contributed by atoms with E-state index >= 15 is 0 Å². The minimum Gasteiger partial charge on any atom is -0.376 e. The van der Waals surface area contributed by atoms with E-state index in [9.17, 15) is 13.2 Å². The number of carbonyl (C=O) groups excluding carboxylic acids is 1. The van der Waals surface area contributed by atoms with Crippen LogP contribution in [0.5, 0.6) is 0 Å². The standard InChI is InChI=1S/C28H35N3O4S/c1-21(2)27(32)30(19-26-14-9-15-35-26)18-25-16-29-28(31(25)17-23-11-5-4-6-12-23)36(33,34)20-24-13-8-7-10-22(24)3/h4-8,10-13,16,21,26H,9,14-15,17-20H2,1-3H3/t26-/m1/s1. The molecular weight excluding hydrogens is 474 g/mol. The first-order valence-corrected chi connectivity index (χ1v) is 14.2. The summed E-state index contributed by atoms with van der Waals surface area (Å²) in [6.07, 6.45) is 3.51. The van der Waals surface area contributed by atoms with Crippen LogP contribution < -0.4 is 0 Å². The normalized spacial score (nSPS) is 15.9. The van der Waals surface area contributed by atoms with Crippen molar-refractivity contribution in [3.63, 3.8) is 0 Å². The number of aromatic nitrogens is 2. The van der Waals surface area contributed by atoms with Gasteiger partial charge in [-0.2, -0.15) is 0 Å². The zero-order valence-electron chi connectivity index (χ0n) is 21.3. The summed E-state index contributed by atoms with van der Waals surface area (Å²) < 4.78 is 34.8. The van der Waals surface area contributed by atoms with Crippen molar-refractivity contribution >= 4 is 15.7 Å². The minimum absolute atomic E-state index is 0.00227. The van der Waals surface area contributed by atoms with Gasteiger partial charge in [0.25, 0.3) is 0 Å². The van der Waals surface area contributed by atoms with Crippen molar-refractivity contribution < 1.29 is 17.9 Å². The number of carbonyl (C=O) groups is 1. The van der Waals surface area contributed by atoms with Crippen LogP contribution in [0.15, 0.2) is 66.0 Å². The number of benzene rings is 2. The Hall–Kier alpha value is -2.97. The number of rotatable bonds is 10. The quantitative estimate of drug-likeness (QED) is 0.405. The fourth-order valence-corrected chi connectivity index (χ4v) is 6.16. The molecule has 4 rings (SSSR count). The van der Waals surface area contributed by atoms with Crippen molar-refractivity contribution in [2.45, 2.75) is 63.7 Å². The number of ether oxygens (including phenoxy) is 1. The highest BCUT2D eigenvalue weighted by molar-refractivity contribution is 7.90. The Bertz CT molecular complexity index is 1280. The van der Waals surface area contributed by atoms with Gasteiger partial charge in [0.1, 0.15) is 0 Å². The number of amides is 1. The molecule has 7 nitrogen and oxygen atoms in total. The van der Waals surface area contributed by atoms with Gasteiger partial charge in [-0.25, -0.2) is 13.4 Å². The van der Waals surface area contributed by atoms with Gasteiger partial charge in [0.05, 0.1) is 36.8 Å². The minimum atomic E-state index is -3.74. The van der Waals surface area contributed by atoms with E-state index < -0.39 is 9.84 Å². The number of nitrogens with zero attached hydrogens (tertiary/aromatic N) is 3. The van der Waals surface area contributed by atoms with E-state index in [0.29, 0.717) is 25.4 Å². The summed E-state index contributed by atoms with van der Waals surface area (Å²) >= 11 is 0. The van der Waals surface area contributed by atoms with Crippen LogP contribution in [-0.4, -0.2) is 48.0 Å². The SMILES string of the molecule is Cc1ccccc1CS(=O)(=O)c1ncc(CN(C[C@H]2CCCO2)C(=O)C(C)C)n1Cc1ccccc1. The number of hydrogen-bond acceptors (Lipinski definition) is 5. The zero-order valence-corrected chi connectivity index (χ0v) is 22.1. The van der Waals surface area contributed by atoms with Crippen molar-refractivity contribution in [2.24, 2.45) is 5.92 Å². The Kier molecular flexibility index (Phi) is 8.26. The number of imidazole rings is 1. The third-order valence-electron chi connectivity index (χ3n) is 6.58. The lowest BCUT2D eigenvalue weighted by atomic mass is 10.1. The Morgan fingerprint density at radius 3 is 2.53 bits per heavy atom. The van der Waals surface area contributed by atoms with Gasteiger partial charge < -0.3 is 14.2 Å². The maximum absolute atomic E-state index is 13.6. The fourth-order valence-electron chi connectivity index (χ4n) is 4.57. The van der Waals surface area contributed by atoms with Gasteiger partial charge in [-0.05, 0) is 36.5 Å². The average molecular weight is 510 g/mol. The van der Waals surface area contributed by atoms with Crippen molar-refractivity contribution in [3.8, 4) is 0 Å². The second kappa shape index (κ2) is 11.4. The molecule has 0 radical (unpaired) electrons. The molecule has 1 atom stereocenters. The highest BCUT2D eigenvalue weighted by Crippen LogP contribution is 2.23. The molecule has 1 aliphatic rings. The maximum Gasteiger partial charge on any atom is 0.228 e. The molecule has 0 spiro atoms. The van der Waals surface area contributed by atoms with E-state index in [0.717, 1.165) is 29.5 Å². The molecule has 1 fully saturated rings. The molecule has 0 bridgehead atoms. The van der Waals surface area contributed by atoms with E-state index in [-0.39, 0.29) is 35.4 Å². The molecule has 8 heteroatoms. The van der Waals surface area contributed by atoms with Gasteiger partial charge in [-0.1, -0.05) is 68.4 Å². The summed E-state index contributed by atoms with van der Waals surface area (Å²) in [5.74, 6) is -0.293. The van der Waals surface area contributed by atoms with Gasteiger partial charge in [-0.15, -0.1) is 0 Å². The summed E-state index contributed by atoms with van der Waals surface area (Å²) in [4.78, 5) is 19.3. The Morgan fingerprint density at radius 1 is 1.14 bits per heavy atom. The van der Waals surface area contributed by atoms with Crippen LogP contribution in [-0.2, 0) is 38.2 Å². The molecule has 36 heavy (non-hydrogen) atoms. The predicted octanol–water partition coefficient (Wildman–Crippen LogP) is 4.38. The van der Waals surface area contributed by atoms with Gasteiger partial charge in [0, 0.05) is 19.1 Å². The van der Waals surface area contributed by atoms with E-state index in [1.165, 1.54) is 0 Å². The van der Waals surface area contributed by atoms with E-state index in [2.05, 4.69) is 4.98 Å². The fraction of sp³-hybridized carbons (Fsp3) is 0.429. The monoisotopic (exact) mass is 509 g/mol. The molecule has 2 aromatic carbocycles. The van der Waals surface area contributed by atoms with Crippen LogP contribution >= 0.6 is 0 Å². The van der Waals surface area contributed by atoms with Crippen molar-refractivity contribution in [3.05, 3.63) is 83.2 Å². The van der Waals surface area contributed by atoms with Crippen molar-refractivity contribution in [1.29, 1.82) is 0 Å². The number of hydrogen-bond donors (Lipinski definition) is 0. The van der Waals surface area contributed by atoms with Gasteiger partial charge in [-0.3, -0.25) is 4.79 Å². The van der Waals surface area contributed by atoms with Crippen LogP contribution in [0.2, 0.25) is 0 Å². The lowest BCUT2D eigenvalue weighted by Crippen LogP contribution is -2.39. The third kappa shape index (κ3) is 6.23. The number of aryl methyl sites for hydroxylation is 1. The molecule has 0 N–H and O–H groups in total. The molecule has 0 saturated carbocycles. The van der Waals surface area contributed by atoms with Gasteiger partial charge >= 0.3 is 0 Å². The summed E-state index contributed by atoms with van der Waals surface area (Å²) in [5, 5.41) is 0.0265. The van der Waals surface area contributed by atoms with Gasteiger partial charge in [0.2, 0.25) is 20.9 Å². The molecular formula is C28H35N3O4S. The van der Waals surface area contributed by atoms with Crippen LogP contribution in [0.25, 0.3) is 0 Å². The molecule has 3 aromatic rings. The smallest absolute Gasteiger partial charge is 0.228 e. The third-order valence-corrected chi connectivity index (χ3v) is 8.15. The molecule has 192 valence electrons. The molecule has 2 heterocycles. The topological polar surface area (TPSA) is 81.5 Å². The Morgan fingerprint density at radius 2 is 1.86 bits per heavy atom. The molecule has 1 aromatic heterocycles. The van der Waals surface area contributed by atoms with Crippen LogP contribution in [0, 0.1) is 12.8 Å². The zero-order chi connectivity index (χ0) is 25.7. The summed E-state index contributed by atoms with van der Waals surface area (Å²) in [6.45, 7) is 7.49. The first-order valence-electron chi connectivity index (χ1n) is 12.5. The molecule has 1 amide bonds. The Balaban J connectivity index is 1.70. The van der Waals surface area contributed by atoms with E-state index in [1.54, 1.807) is 15.7 Å². The molecule has 1 saturated heterocycles. The highest BCUT2D eigenvalue weighted by Gasteiger charge is 2.28. The second-order valence-corrected chi connectivity index (χ2v) is 11.7. The molecule has 0 unspecified atom stereocenters. The van der Waals surface area contributed by atoms with Crippen molar-refractivity contribution in [2.75, 3.05) is 13.2 Å². The van der Waals surface area contributed by atoms with Gasteiger partial charge in [0.15, 0.2) is 0 Å². The first-order chi connectivity index (χ1) is 17.2. The predicted molar refractivity (Wildman–Crippen MR) is 139 cm³/mol. The van der Waals surface area contributed by atoms with Crippen LogP contribution in [0.4, 0.5) is 0 Å². The molecule has 0 aliphatic carbocycles. The van der Waals surface area contributed by atoms with E-state index in [1.807, 2.05) is 75.4 Å². The van der Waals surface area contributed by atoms with Crippen LogP contribution in [0.3, 0.4) is 0 Å². The number of sulfone groups is 1. The maximum atomic E-state index is 13.6. The summed E-state index contributed by atoms with van der Waals surface area (Å²) in [7, 11) is -3.74. The summed E-state index contributed by atoms with van der Waals surface area (Å²) in [6, 6.07) is 17.2. The van der Waals surface area contributed by atoms with Crippen molar-refractivity contribution in [1.82, 2.24) is 14.5 Å². The average Bonchev–Trinajstić information content (AvgIpc) is 3.51. The highest BCUT2D eigenvalue weighted by atomic mass is 32.2. The first kappa shape index (κ1) is 26.1. The summed E-state index contributed by atoms with van der Waals surface area (Å²) in [5.41, 5.74) is 3.33. The second-order valence-electron chi connectivity index (χ2n) is 9.80. The van der Waals surface area contributed by atoms with E-state index in [4.69, 9.17) is 4.74 Å². The molecule has 1 aliphatic heterocycles. The van der Waals surface area contributed by atoms with Crippen LogP contribution in [0.1, 0.15) is 49.1 Å². The lowest BCUT2D eigenvalue weighted by Gasteiger charge is -2.27. The lowest BCUT2D eigenvalue weighted by molar-refractivity contribution is -0.136. The Labute approximate surface area is 214 Å². The largest absolute Gasteiger partial charge is 0.376 e.